The molecule has 3 aromatic rings. The molecule has 0 fully saturated rings. The maximum Gasteiger partial charge on any atom is 0.250 e. The van der Waals surface area contributed by atoms with Gasteiger partial charge in [0, 0.05) is 34.8 Å². The third kappa shape index (κ3) is 2.66. The normalized spacial score (nSPS) is 17.8. The number of carbonyl (C=O) groups is 1. The highest BCUT2D eigenvalue weighted by Crippen LogP contribution is 2.40. The number of amides is 1. The van der Waals surface area contributed by atoms with Crippen molar-refractivity contribution >= 4 is 16.8 Å². The average molecular weight is 330 g/mol. The van der Waals surface area contributed by atoms with Gasteiger partial charge in [-0.25, -0.2) is 0 Å². The van der Waals surface area contributed by atoms with Crippen LogP contribution >= 0.6 is 0 Å². The first-order valence-corrected chi connectivity index (χ1v) is 8.75. The summed E-state index contributed by atoms with van der Waals surface area (Å²) >= 11 is 0. The van der Waals surface area contributed by atoms with Crippen LogP contribution in [0.15, 0.2) is 71.9 Å². The molecule has 2 aromatic carbocycles. The Hall–Kier alpha value is -2.81. The van der Waals surface area contributed by atoms with Crippen LogP contribution in [0.25, 0.3) is 10.9 Å². The van der Waals surface area contributed by atoms with E-state index in [9.17, 15) is 4.79 Å². The second-order valence-corrected chi connectivity index (χ2v) is 6.73. The molecule has 0 bridgehead atoms. The predicted molar refractivity (Wildman–Crippen MR) is 101 cm³/mol. The van der Waals surface area contributed by atoms with Gasteiger partial charge in [-0.1, -0.05) is 48.5 Å². The van der Waals surface area contributed by atoms with E-state index in [1.807, 2.05) is 36.1 Å². The van der Waals surface area contributed by atoms with Crippen LogP contribution in [0.1, 0.15) is 31.0 Å². The third-order valence-corrected chi connectivity index (χ3v) is 5.30. The van der Waals surface area contributed by atoms with Crippen molar-refractivity contribution < 1.29 is 4.79 Å². The van der Waals surface area contributed by atoms with Crippen molar-refractivity contribution in [3.63, 3.8) is 0 Å². The number of benzene rings is 2. The summed E-state index contributed by atoms with van der Waals surface area (Å²) in [5.41, 5.74) is 5.60. The van der Waals surface area contributed by atoms with E-state index in [0.29, 0.717) is 0 Å². The van der Waals surface area contributed by atoms with Gasteiger partial charge in [-0.3, -0.25) is 4.79 Å². The lowest BCUT2D eigenvalue weighted by Crippen LogP contribution is -2.32. The number of aromatic amines is 1. The molecule has 25 heavy (non-hydrogen) atoms. The van der Waals surface area contributed by atoms with Crippen LogP contribution in [0.5, 0.6) is 0 Å². The highest BCUT2D eigenvalue weighted by atomic mass is 16.2. The molecule has 3 nitrogen and oxygen atoms in total. The van der Waals surface area contributed by atoms with Crippen LogP contribution in [-0.2, 0) is 11.2 Å². The maximum atomic E-state index is 12.8. The number of hydrogen-bond donors (Lipinski definition) is 1. The zero-order valence-corrected chi connectivity index (χ0v) is 14.6. The van der Waals surface area contributed by atoms with Gasteiger partial charge in [0.2, 0.25) is 5.91 Å². The first kappa shape index (κ1) is 15.7. The molecule has 126 valence electrons. The molecular formula is C22H22N2O. The van der Waals surface area contributed by atoms with Gasteiger partial charge in [0.15, 0.2) is 0 Å². The van der Waals surface area contributed by atoms with E-state index < -0.39 is 0 Å². The van der Waals surface area contributed by atoms with Gasteiger partial charge in [-0.15, -0.1) is 0 Å². The molecule has 0 saturated carbocycles. The fourth-order valence-electron chi connectivity index (χ4n) is 3.79. The molecule has 0 spiro atoms. The molecule has 1 aromatic heterocycles. The van der Waals surface area contributed by atoms with Gasteiger partial charge in [-0.05, 0) is 37.5 Å². The highest BCUT2D eigenvalue weighted by molar-refractivity contribution is 5.98. The first-order chi connectivity index (χ1) is 12.2. The Morgan fingerprint density at radius 1 is 1.00 bits per heavy atom. The van der Waals surface area contributed by atoms with Crippen molar-refractivity contribution in [1.29, 1.82) is 0 Å². The minimum Gasteiger partial charge on any atom is -0.361 e. The molecule has 0 aliphatic carbocycles. The Kier molecular flexibility index (Phi) is 3.92. The molecule has 1 atom stereocenters. The number of H-pyrrole nitrogens is 1. The topological polar surface area (TPSA) is 36.1 Å². The Morgan fingerprint density at radius 3 is 2.52 bits per heavy atom. The molecule has 1 aliphatic rings. The number of aromatic nitrogens is 1. The number of hydrogen-bond acceptors (Lipinski definition) is 1. The van der Waals surface area contributed by atoms with Crippen molar-refractivity contribution in [3.8, 4) is 0 Å². The van der Waals surface area contributed by atoms with Crippen LogP contribution in [-0.4, -0.2) is 22.3 Å². The molecule has 1 unspecified atom stereocenters. The number of nitrogens with one attached hydrogen (secondary N) is 1. The van der Waals surface area contributed by atoms with E-state index in [1.165, 1.54) is 16.5 Å². The second-order valence-electron chi connectivity index (χ2n) is 6.73. The largest absolute Gasteiger partial charge is 0.361 e. The second kappa shape index (κ2) is 6.25. The van der Waals surface area contributed by atoms with Gasteiger partial charge in [0.05, 0.1) is 6.04 Å². The van der Waals surface area contributed by atoms with Crippen LogP contribution in [0.3, 0.4) is 0 Å². The van der Waals surface area contributed by atoms with Crippen LogP contribution in [0.4, 0.5) is 0 Å². The van der Waals surface area contributed by atoms with Gasteiger partial charge in [-0.2, -0.15) is 0 Å². The number of carbonyl (C=O) groups excluding carboxylic acids is 1. The van der Waals surface area contributed by atoms with Gasteiger partial charge in [0.25, 0.3) is 0 Å². The lowest BCUT2D eigenvalue weighted by molar-refractivity contribution is -0.127. The van der Waals surface area contributed by atoms with Crippen molar-refractivity contribution in [1.82, 2.24) is 9.88 Å². The lowest BCUT2D eigenvalue weighted by atomic mass is 9.98. The number of nitrogens with zero attached hydrogens (tertiary/aromatic N) is 1. The molecule has 1 aliphatic heterocycles. The van der Waals surface area contributed by atoms with E-state index in [-0.39, 0.29) is 11.9 Å². The molecule has 4 rings (SSSR count). The fraction of sp³-hybridized carbons (Fsp3) is 0.227. The van der Waals surface area contributed by atoms with Crippen LogP contribution < -0.4 is 0 Å². The monoisotopic (exact) mass is 330 g/mol. The third-order valence-electron chi connectivity index (χ3n) is 5.30. The summed E-state index contributed by atoms with van der Waals surface area (Å²) in [6.07, 6.45) is 2.92. The summed E-state index contributed by atoms with van der Waals surface area (Å²) in [6, 6.07) is 18.7. The zero-order valence-electron chi connectivity index (χ0n) is 14.6. The minimum absolute atomic E-state index is 0.0207. The summed E-state index contributed by atoms with van der Waals surface area (Å²) < 4.78 is 0. The summed E-state index contributed by atoms with van der Waals surface area (Å²) in [5.74, 6) is 0.156. The van der Waals surface area contributed by atoms with Crippen molar-refractivity contribution in [3.05, 3.63) is 83.1 Å². The summed E-state index contributed by atoms with van der Waals surface area (Å²) in [6.45, 7) is 4.76. The fourth-order valence-corrected chi connectivity index (χ4v) is 3.79. The first-order valence-electron chi connectivity index (χ1n) is 8.75. The van der Waals surface area contributed by atoms with Crippen molar-refractivity contribution in [2.75, 3.05) is 6.54 Å². The molecule has 3 heteroatoms. The Morgan fingerprint density at radius 2 is 1.72 bits per heavy atom. The number of rotatable bonds is 4. The van der Waals surface area contributed by atoms with Crippen LogP contribution in [0, 0.1) is 0 Å². The Bertz CT molecular complexity index is 952. The standard InChI is InChI=1S/C22H22N2O/c1-15-16(2)22(25)24(13-12-17-8-4-3-5-9-17)21(15)19-14-23-20-11-7-6-10-18(19)20/h3-11,14,21,23H,12-13H2,1-2H3. The highest BCUT2D eigenvalue weighted by Gasteiger charge is 2.36. The molecule has 2 heterocycles. The summed E-state index contributed by atoms with van der Waals surface area (Å²) in [5, 5.41) is 1.19. The lowest BCUT2D eigenvalue weighted by Gasteiger charge is -2.26. The predicted octanol–water partition coefficient (Wildman–Crippen LogP) is 4.63. The molecule has 0 saturated heterocycles. The van der Waals surface area contributed by atoms with Gasteiger partial charge in [0.1, 0.15) is 0 Å². The van der Waals surface area contributed by atoms with E-state index in [2.05, 4.69) is 48.4 Å². The molecular weight excluding hydrogens is 308 g/mol. The number of fused-ring (bicyclic) bond motifs is 1. The van der Waals surface area contributed by atoms with E-state index in [1.54, 1.807) is 0 Å². The van der Waals surface area contributed by atoms with Crippen LogP contribution in [0.2, 0.25) is 0 Å². The SMILES string of the molecule is CC1=C(C)C(c2c[nH]c3ccccc23)N(CCc2ccccc2)C1=O. The Balaban J connectivity index is 1.69. The van der Waals surface area contributed by atoms with Crippen molar-refractivity contribution in [2.24, 2.45) is 0 Å². The minimum atomic E-state index is 0.0207. The van der Waals surface area contributed by atoms with E-state index >= 15 is 0 Å². The van der Waals surface area contributed by atoms with Gasteiger partial charge < -0.3 is 9.88 Å². The zero-order chi connectivity index (χ0) is 17.4. The Labute approximate surface area is 148 Å². The number of para-hydroxylation sites is 1. The molecule has 0 radical (unpaired) electrons. The van der Waals surface area contributed by atoms with E-state index in [4.69, 9.17) is 0 Å². The van der Waals surface area contributed by atoms with Gasteiger partial charge >= 0.3 is 0 Å². The summed E-state index contributed by atoms with van der Waals surface area (Å²) in [7, 11) is 0. The molecule has 1 N–H and O–H groups in total. The molecule has 1 amide bonds. The van der Waals surface area contributed by atoms with E-state index in [0.717, 1.165) is 29.6 Å². The quantitative estimate of drug-likeness (QED) is 0.744. The maximum absolute atomic E-state index is 12.8. The average Bonchev–Trinajstić information content (AvgIpc) is 3.16. The summed E-state index contributed by atoms with van der Waals surface area (Å²) in [4.78, 5) is 18.2. The van der Waals surface area contributed by atoms with Crippen molar-refractivity contribution in [2.45, 2.75) is 26.3 Å². The smallest absolute Gasteiger partial charge is 0.250 e.